The Labute approximate surface area is 782 Å². The smallest absolute Gasteiger partial charge is 0.390 e. The van der Waals surface area contributed by atoms with Crippen LogP contribution in [0.15, 0.2) is 200 Å². The van der Waals surface area contributed by atoms with Crippen molar-refractivity contribution in [3.63, 3.8) is 0 Å². The Morgan fingerprint density at radius 3 is 0.935 bits per heavy atom. The van der Waals surface area contributed by atoms with Crippen molar-refractivity contribution in [2.45, 2.75) is 39.3 Å². The summed E-state index contributed by atoms with van der Waals surface area (Å²) in [6, 6.07) is 54.0. The molecule has 9 aromatic heterocycles. The number of carboxylic acid groups (broad SMARTS) is 1. The average molecular weight is 1910 g/mol. The summed E-state index contributed by atoms with van der Waals surface area (Å²) in [5.41, 5.74) is 10.7. The molecule has 5 amide bonds. The van der Waals surface area contributed by atoms with E-state index in [9.17, 15) is 73.5 Å². The quantitative estimate of drug-likeness (QED) is 0.00765. The summed E-state index contributed by atoms with van der Waals surface area (Å²) >= 11 is 0. The number of methoxy groups -OCH3 is 9. The van der Waals surface area contributed by atoms with Crippen LogP contribution in [0, 0.1) is 30.3 Å². The molecule has 0 fully saturated rings. The van der Waals surface area contributed by atoms with Crippen LogP contribution in [0.3, 0.4) is 0 Å². The number of benzene rings is 6. The van der Waals surface area contributed by atoms with Crippen molar-refractivity contribution < 1.29 is 106 Å². The first-order chi connectivity index (χ1) is 66.8. The van der Waals surface area contributed by atoms with Gasteiger partial charge in [0.2, 0.25) is 0 Å². The molecule has 0 unspecified atom stereocenters. The Morgan fingerprint density at radius 2 is 0.604 bits per heavy atom. The Hall–Kier alpha value is -19.8. The van der Waals surface area contributed by atoms with Crippen LogP contribution in [0.4, 0.5) is 52.4 Å². The van der Waals surface area contributed by atoms with E-state index in [2.05, 4.69) is 92.5 Å². The fourth-order valence-corrected chi connectivity index (χ4v) is 12.8. The van der Waals surface area contributed by atoms with E-state index in [-0.39, 0.29) is 119 Å². The number of esters is 3. The van der Waals surface area contributed by atoms with Gasteiger partial charge in [-0.25, -0.2) is 19.2 Å². The molecule has 11 N–H and O–H groups in total. The molecule has 0 saturated carbocycles. The summed E-state index contributed by atoms with van der Waals surface area (Å²) in [6.07, 6.45) is 0. The predicted octanol–water partition coefficient (Wildman–Crippen LogP) is 9.06. The topological polar surface area (TPSA) is 665 Å². The van der Waals surface area contributed by atoms with Crippen LogP contribution in [0.5, 0.6) is 34.5 Å². The Bertz CT molecular complexity index is 6970. The molecule has 0 aliphatic heterocycles. The van der Waals surface area contributed by atoms with Crippen LogP contribution in [-0.4, -0.2) is 227 Å². The van der Waals surface area contributed by atoms with Crippen LogP contribution in [0.2, 0.25) is 0 Å². The number of nitrogens with two attached hydrogens (primary N) is 1. The molecule has 0 spiro atoms. The van der Waals surface area contributed by atoms with Crippen LogP contribution in [0.1, 0.15) is 128 Å². The summed E-state index contributed by atoms with van der Waals surface area (Å²) in [6.45, 7) is 1.06. The molecule has 0 atom stereocenters. The van der Waals surface area contributed by atoms with Crippen molar-refractivity contribution in [2.75, 3.05) is 96.3 Å². The molecule has 0 bridgehead atoms. The molecule has 9 heterocycles. The Balaban J connectivity index is 0.000000178. The summed E-state index contributed by atoms with van der Waals surface area (Å²) in [5.74, 6) is -3.46. The number of nitro groups is 3. The van der Waals surface area contributed by atoms with Crippen LogP contribution < -0.4 is 60.7 Å². The largest absolute Gasteiger partial charge is 0.497 e. The monoisotopic (exact) mass is 1910 g/mol. The second-order valence-corrected chi connectivity index (χ2v) is 28.8. The van der Waals surface area contributed by atoms with Crippen molar-refractivity contribution in [1.29, 1.82) is 0 Å². The first-order valence-electron chi connectivity index (χ1n) is 40.5. The summed E-state index contributed by atoms with van der Waals surface area (Å²) in [7, 11) is 13.1. The van der Waals surface area contributed by atoms with Crippen molar-refractivity contribution in [3.8, 4) is 34.5 Å². The van der Waals surface area contributed by atoms with Crippen LogP contribution >= 0.6 is 0 Å². The van der Waals surface area contributed by atoms with E-state index < -0.39 is 85.6 Å². The van der Waals surface area contributed by atoms with Gasteiger partial charge in [0.25, 0.3) is 29.5 Å². The predicted molar refractivity (Wildman–Crippen MR) is 487 cm³/mol. The Kier molecular flexibility index (Phi) is 32.1. The molecule has 139 heavy (non-hydrogen) atoms. The van der Waals surface area contributed by atoms with E-state index in [4.69, 9.17) is 48.7 Å². The van der Waals surface area contributed by atoms with E-state index in [1.165, 1.54) is 95.4 Å². The van der Waals surface area contributed by atoms with Gasteiger partial charge >= 0.3 is 41.3 Å². The van der Waals surface area contributed by atoms with Gasteiger partial charge in [-0.2, -0.15) is 40.0 Å². The van der Waals surface area contributed by atoms with Crippen LogP contribution in [0.25, 0.3) is 0 Å². The highest BCUT2D eigenvalue weighted by Gasteiger charge is 2.30. The molecular formula is C87H83N27O25. The molecule has 0 aliphatic carbocycles. The SMILES string of the molecule is COC(=O)c1cc(NC(=O)c2cc(N)nn2Cc2ccc(OC)cc2)nn1Cc1ccc(OC)cc1.COC(=O)c1cc(NC(=O)c2cc(NC(=O)c3cc([N+](=O)[O-])[nH]n3)n[nH]2)n[nH]1.COC(=O)c1cc(NC(=O)c2cc(NC(=O)c3cc([N+](=O)[O-])nn3Cc3ccc(OC)cc3)nn2Cc2ccc(OC)cc2)nn1Cc1ccc(OC)cc1.COc1ccc(Cn2nc([N+](=O)[O-])cc2C(=O)O)cc1. The molecule has 0 saturated heterocycles. The number of nitrogen functional groups attached to an aromatic ring is 1. The van der Waals surface area contributed by atoms with Gasteiger partial charge in [-0.3, -0.25) is 52.9 Å². The minimum Gasteiger partial charge on any atom is -0.497 e. The highest BCUT2D eigenvalue weighted by molar-refractivity contribution is 6.08. The molecule has 52 heteroatoms. The molecule has 15 rings (SSSR count). The molecule has 6 aromatic carbocycles. The fourth-order valence-electron chi connectivity index (χ4n) is 12.8. The van der Waals surface area contributed by atoms with Crippen molar-refractivity contribution in [3.05, 3.63) is 315 Å². The number of aromatic amines is 3. The third-order valence-electron chi connectivity index (χ3n) is 19.7. The molecule has 52 nitrogen and oxygen atoms in total. The summed E-state index contributed by atoms with van der Waals surface area (Å²) in [4.78, 5) is 143. The fraction of sp³-hybridized carbons (Fsp3) is 0.172. The van der Waals surface area contributed by atoms with Gasteiger partial charge in [-0.1, -0.05) is 77.9 Å². The zero-order valence-corrected chi connectivity index (χ0v) is 74.7. The maximum atomic E-state index is 13.9. The lowest BCUT2D eigenvalue weighted by Gasteiger charge is -2.08. The van der Waals surface area contributed by atoms with Crippen LogP contribution in [-0.2, 0) is 53.5 Å². The van der Waals surface area contributed by atoms with Crippen molar-refractivity contribution in [1.82, 2.24) is 89.3 Å². The number of carbonyl (C=O) groups is 9. The number of H-pyrrole nitrogens is 3. The number of hydrogen-bond donors (Lipinski definition) is 10. The molecule has 15 aromatic rings. The zero-order valence-electron chi connectivity index (χ0n) is 74.7. The third kappa shape index (κ3) is 25.7. The van der Waals surface area contributed by atoms with E-state index in [1.54, 1.807) is 113 Å². The number of nitrogens with one attached hydrogen (secondary N) is 8. The molecule has 716 valence electrons. The van der Waals surface area contributed by atoms with Gasteiger partial charge < -0.3 is 110 Å². The lowest BCUT2D eigenvalue weighted by Crippen LogP contribution is -2.19. The number of ether oxygens (including phenoxy) is 9. The maximum absolute atomic E-state index is 13.9. The maximum Gasteiger partial charge on any atom is 0.390 e. The van der Waals surface area contributed by atoms with E-state index in [0.29, 0.717) is 40.9 Å². The Morgan fingerprint density at radius 1 is 0.317 bits per heavy atom. The van der Waals surface area contributed by atoms with Gasteiger partial charge in [-0.05, 0) is 121 Å². The van der Waals surface area contributed by atoms with Gasteiger partial charge in [-0.15, -0.1) is 5.10 Å². The highest BCUT2D eigenvalue weighted by atomic mass is 16.6. The zero-order chi connectivity index (χ0) is 99.7. The number of rotatable bonds is 35. The molecular weight excluding hydrogens is 1820 g/mol. The normalized spacial score (nSPS) is 10.6. The number of carboxylic acids is 1. The second kappa shape index (κ2) is 45.4. The number of hydrogen-bond acceptors (Lipinski definition) is 34. The number of amides is 5. The van der Waals surface area contributed by atoms with Gasteiger partial charge in [0, 0.05) is 36.4 Å². The minimum atomic E-state index is -1.26. The second-order valence-electron chi connectivity index (χ2n) is 28.8. The highest BCUT2D eigenvalue weighted by Crippen LogP contribution is 2.27. The molecule has 0 aliphatic rings. The number of carbonyl (C=O) groups excluding carboxylic acids is 8. The van der Waals surface area contributed by atoms with E-state index in [1.807, 2.05) is 60.7 Å². The minimum absolute atomic E-state index is 0.0157. The van der Waals surface area contributed by atoms with Gasteiger partial charge in [0.15, 0.2) is 46.2 Å². The molecule has 0 radical (unpaired) electrons. The average Bonchev–Trinajstić information content (AvgIpc) is 1.65. The number of aromatic nitrogens is 18. The lowest BCUT2D eigenvalue weighted by molar-refractivity contribution is -0.390. The number of nitrogens with zero attached hydrogens (tertiary/aromatic N) is 18. The number of aromatic carboxylic acids is 1. The standard InChI is InChI=1S/C37H35N9O9.C25H26N6O5.C13H11N9O6.C12H11N3O5/c1-52-26-11-5-23(6-12-26)20-43-29(35(47)39-33-18-31(37(49)55-4)45(41-33)22-25-9-15-28(54-3)16-10-25)17-32(40-43)38-36(48)30-19-34(46(50)51)42-44(30)21-24-7-13-27(53-2)14-8-24;1-34-18-8-4-16(5-9-18)14-30-20(12-22(26)28-30)24(32)27-23-13-21(25(33)36-3)31(29-23)15-17-6-10-19(35-2)11-7-17;1-28-13(25)7-3-9(20-18-7)15-11(23)5-2-8(19-16-5)14-12(24)6-4-10(21-17-6)22(26)27;1-20-9-4-2-8(3-5-9)7-14-10(12(16)17)6-11(13-14)15(18)19/h5-19H,20-22H2,1-4H3,(H,38,40,48)(H,39,41,47);4-13H,14-15H2,1-3H3,(H2,26,28)(H,27,29,32);2-4H,1H3,(H,17,21)(H2,14,16,19,24)(H2,15,18,20,23);2-6H,7H2,1H3,(H,16,17). The lowest BCUT2D eigenvalue weighted by atomic mass is 10.2. The van der Waals surface area contributed by atoms with Crippen molar-refractivity contribution >= 4 is 106 Å². The summed E-state index contributed by atoms with van der Waals surface area (Å²) < 4.78 is 53.4. The summed E-state index contributed by atoms with van der Waals surface area (Å²) in [5, 5.41) is 97.8. The third-order valence-corrected chi connectivity index (χ3v) is 19.7. The first-order valence-corrected chi connectivity index (χ1v) is 40.5. The van der Waals surface area contributed by atoms with Gasteiger partial charge in [0.05, 0.1) is 132 Å². The van der Waals surface area contributed by atoms with Gasteiger partial charge in [0.1, 0.15) is 74.5 Å². The first kappa shape index (κ1) is 98.3. The van der Waals surface area contributed by atoms with E-state index in [0.717, 1.165) is 56.4 Å². The van der Waals surface area contributed by atoms with E-state index >= 15 is 0 Å². The van der Waals surface area contributed by atoms with Crippen molar-refractivity contribution in [2.24, 2.45) is 0 Å². The number of anilines is 6.